The summed E-state index contributed by atoms with van der Waals surface area (Å²) in [5.74, 6) is 2.41. The largest absolute Gasteiger partial charge is 0.502 e. The van der Waals surface area contributed by atoms with Gasteiger partial charge in [-0.15, -0.1) is 0 Å². The lowest BCUT2D eigenvalue weighted by Gasteiger charge is -2.24. The Hall–Kier alpha value is -2.15. The third-order valence-corrected chi connectivity index (χ3v) is 5.20. The predicted molar refractivity (Wildman–Crippen MR) is 109 cm³/mol. The van der Waals surface area contributed by atoms with E-state index in [1.54, 1.807) is 0 Å². The van der Waals surface area contributed by atoms with Gasteiger partial charge in [0.25, 0.3) is 0 Å². The molecule has 1 atom stereocenters. The summed E-state index contributed by atoms with van der Waals surface area (Å²) in [6.45, 7) is 10.4. The molecule has 7 heteroatoms. The molecular weight excluding hydrogens is 344 g/mol. The maximum atomic E-state index is 10.0. The number of methoxy groups -OCH3 is 2. The summed E-state index contributed by atoms with van der Waals surface area (Å²) in [5.41, 5.74) is 0.960. The molecule has 2 rings (SSSR count). The third-order valence-electron chi connectivity index (χ3n) is 5.20. The quantitative estimate of drug-likeness (QED) is 0.534. The van der Waals surface area contributed by atoms with Crippen molar-refractivity contribution in [2.24, 2.45) is 10.9 Å². The average Bonchev–Trinajstić information content (AvgIpc) is 3.15. The zero-order chi connectivity index (χ0) is 19.8. The van der Waals surface area contributed by atoms with Gasteiger partial charge in [-0.1, -0.05) is 13.8 Å². The highest BCUT2D eigenvalue weighted by molar-refractivity contribution is 5.80. The van der Waals surface area contributed by atoms with Gasteiger partial charge in [0.1, 0.15) is 0 Å². The lowest BCUT2D eigenvalue weighted by molar-refractivity contribution is 0.255. The molecule has 1 aliphatic rings. The van der Waals surface area contributed by atoms with E-state index < -0.39 is 0 Å². The number of hydrogen-bond acceptors (Lipinski definition) is 5. The van der Waals surface area contributed by atoms with E-state index in [0.29, 0.717) is 24.0 Å². The van der Waals surface area contributed by atoms with Crippen LogP contribution >= 0.6 is 0 Å². The summed E-state index contributed by atoms with van der Waals surface area (Å²) < 4.78 is 10.5. The van der Waals surface area contributed by atoms with Crippen LogP contribution in [0.25, 0.3) is 0 Å². The van der Waals surface area contributed by atoms with Gasteiger partial charge >= 0.3 is 0 Å². The first-order chi connectivity index (χ1) is 13.1. The van der Waals surface area contributed by atoms with Crippen LogP contribution in [0.2, 0.25) is 0 Å². The number of nitrogens with zero attached hydrogens (tertiary/aromatic N) is 3. The number of nitrogens with one attached hydrogen (secondary N) is 1. The van der Waals surface area contributed by atoms with Crippen LogP contribution in [0.3, 0.4) is 0 Å². The molecule has 0 radical (unpaired) electrons. The van der Waals surface area contributed by atoms with Gasteiger partial charge in [0.15, 0.2) is 17.5 Å². The maximum absolute atomic E-state index is 10.0. The van der Waals surface area contributed by atoms with Gasteiger partial charge in [0.2, 0.25) is 5.75 Å². The number of benzene rings is 1. The molecule has 0 saturated carbocycles. The maximum Gasteiger partial charge on any atom is 0.200 e. The molecule has 0 aromatic heterocycles. The smallest absolute Gasteiger partial charge is 0.200 e. The fourth-order valence-electron chi connectivity index (χ4n) is 3.58. The summed E-state index contributed by atoms with van der Waals surface area (Å²) in [4.78, 5) is 9.26. The Morgan fingerprint density at radius 2 is 1.89 bits per heavy atom. The average molecular weight is 379 g/mol. The van der Waals surface area contributed by atoms with Crippen LogP contribution < -0.4 is 14.8 Å². The van der Waals surface area contributed by atoms with Gasteiger partial charge in [-0.05, 0) is 43.1 Å². The molecule has 0 bridgehead atoms. The number of likely N-dealkylation sites (tertiary alicyclic amines) is 1. The van der Waals surface area contributed by atoms with E-state index in [2.05, 4.69) is 34.0 Å². The van der Waals surface area contributed by atoms with Crippen LogP contribution in [0.1, 0.15) is 25.8 Å². The van der Waals surface area contributed by atoms with Crippen LogP contribution in [-0.2, 0) is 6.54 Å². The summed E-state index contributed by atoms with van der Waals surface area (Å²) in [5, 5.41) is 13.5. The van der Waals surface area contributed by atoms with Crippen molar-refractivity contribution >= 4 is 5.96 Å². The van der Waals surface area contributed by atoms with Crippen molar-refractivity contribution in [1.82, 2.24) is 15.1 Å². The molecule has 1 heterocycles. The van der Waals surface area contributed by atoms with E-state index in [1.165, 1.54) is 20.6 Å². The van der Waals surface area contributed by atoms with Crippen molar-refractivity contribution in [3.8, 4) is 17.2 Å². The lowest BCUT2D eigenvalue weighted by atomic mass is 10.1. The molecule has 0 amide bonds. The monoisotopic (exact) mass is 378 g/mol. The molecule has 0 aliphatic carbocycles. The number of ether oxygens (including phenoxy) is 2. The molecule has 1 saturated heterocycles. The van der Waals surface area contributed by atoms with Crippen LogP contribution in [0.5, 0.6) is 17.2 Å². The zero-order valence-corrected chi connectivity index (χ0v) is 17.3. The highest BCUT2D eigenvalue weighted by atomic mass is 16.5. The molecule has 1 aliphatic heterocycles. The number of hydrogen-bond donors (Lipinski definition) is 2. The van der Waals surface area contributed by atoms with Crippen LogP contribution in [0, 0.1) is 5.92 Å². The summed E-state index contributed by atoms with van der Waals surface area (Å²) in [6.07, 6.45) is 1.19. The normalized spacial score (nSPS) is 17.5. The second kappa shape index (κ2) is 10.3. The number of rotatable bonds is 8. The van der Waals surface area contributed by atoms with Gasteiger partial charge in [-0.25, -0.2) is 0 Å². The first-order valence-corrected chi connectivity index (χ1v) is 9.67. The van der Waals surface area contributed by atoms with Gasteiger partial charge < -0.3 is 29.7 Å². The topological polar surface area (TPSA) is 69.6 Å². The highest BCUT2D eigenvalue weighted by Crippen LogP contribution is 2.37. The van der Waals surface area contributed by atoms with E-state index in [9.17, 15) is 5.11 Å². The van der Waals surface area contributed by atoms with Crippen molar-refractivity contribution in [1.29, 1.82) is 0 Å². The Labute approximate surface area is 163 Å². The van der Waals surface area contributed by atoms with E-state index >= 15 is 0 Å². The Kier molecular flexibility index (Phi) is 8.03. The second-order valence-electron chi connectivity index (χ2n) is 6.84. The highest BCUT2D eigenvalue weighted by Gasteiger charge is 2.26. The third kappa shape index (κ3) is 5.42. The van der Waals surface area contributed by atoms with Crippen molar-refractivity contribution in [3.63, 3.8) is 0 Å². The zero-order valence-electron chi connectivity index (χ0n) is 17.3. The summed E-state index contributed by atoms with van der Waals surface area (Å²) >= 11 is 0. The number of phenols is 1. The van der Waals surface area contributed by atoms with Crippen LogP contribution in [-0.4, -0.2) is 74.9 Å². The molecule has 152 valence electrons. The number of guanidine groups is 1. The van der Waals surface area contributed by atoms with Crippen LogP contribution in [0.4, 0.5) is 0 Å². The molecule has 7 nitrogen and oxygen atoms in total. The lowest BCUT2D eigenvalue weighted by Crippen LogP contribution is -2.40. The number of aliphatic imine (C=N–C) groups is 1. The first-order valence-electron chi connectivity index (χ1n) is 9.67. The minimum atomic E-state index is 0.0203. The number of phenolic OH excluding ortho intramolecular Hbond substituents is 1. The Morgan fingerprint density at radius 1 is 1.26 bits per heavy atom. The fraction of sp³-hybridized carbons (Fsp3) is 0.650. The van der Waals surface area contributed by atoms with Gasteiger partial charge in [-0.3, -0.25) is 4.99 Å². The SMILES string of the molecule is CCN(CC)CC1CCN(C(=NC)NCc2cc(OC)c(O)c(OC)c2)C1. The Morgan fingerprint density at radius 3 is 2.41 bits per heavy atom. The van der Waals surface area contributed by atoms with E-state index in [4.69, 9.17) is 9.47 Å². The second-order valence-corrected chi connectivity index (χ2v) is 6.84. The predicted octanol–water partition coefficient (Wildman–Crippen LogP) is 2.15. The molecule has 1 aromatic rings. The van der Waals surface area contributed by atoms with Crippen molar-refractivity contribution in [2.45, 2.75) is 26.8 Å². The number of aromatic hydroxyl groups is 1. The molecule has 1 aromatic carbocycles. The van der Waals surface area contributed by atoms with E-state index in [-0.39, 0.29) is 5.75 Å². The Balaban J connectivity index is 1.97. The van der Waals surface area contributed by atoms with Gasteiger partial charge in [-0.2, -0.15) is 0 Å². The van der Waals surface area contributed by atoms with Crippen LogP contribution in [0.15, 0.2) is 17.1 Å². The summed E-state index contributed by atoms with van der Waals surface area (Å²) in [7, 11) is 4.88. The van der Waals surface area contributed by atoms with Gasteiger partial charge in [0.05, 0.1) is 14.2 Å². The van der Waals surface area contributed by atoms with E-state index in [1.807, 2.05) is 19.2 Å². The minimum absolute atomic E-state index is 0.0203. The summed E-state index contributed by atoms with van der Waals surface area (Å²) in [6, 6.07) is 3.62. The van der Waals surface area contributed by atoms with Crippen molar-refractivity contribution in [3.05, 3.63) is 17.7 Å². The molecule has 0 spiro atoms. The van der Waals surface area contributed by atoms with Gasteiger partial charge in [0, 0.05) is 33.2 Å². The fourth-order valence-corrected chi connectivity index (χ4v) is 3.58. The standard InChI is InChI=1S/C20H34N4O3/c1-6-23(7-2)13-15-8-9-24(14-15)20(21-3)22-12-16-10-17(26-4)19(25)18(11-16)27-5/h10-11,15,25H,6-9,12-14H2,1-5H3,(H,21,22). The van der Waals surface area contributed by atoms with Crippen molar-refractivity contribution < 1.29 is 14.6 Å². The molecule has 1 unspecified atom stereocenters. The molecule has 2 N–H and O–H groups in total. The van der Waals surface area contributed by atoms with Crippen molar-refractivity contribution in [2.75, 3.05) is 54.0 Å². The Bertz CT molecular complexity index is 607. The molecular formula is C20H34N4O3. The van der Waals surface area contributed by atoms with E-state index in [0.717, 1.165) is 44.2 Å². The minimum Gasteiger partial charge on any atom is -0.502 e. The molecule has 1 fully saturated rings. The molecule has 27 heavy (non-hydrogen) atoms. The first kappa shape index (κ1) is 21.2.